The van der Waals surface area contributed by atoms with Gasteiger partial charge in [0.05, 0.1) is 13.2 Å². The summed E-state index contributed by atoms with van der Waals surface area (Å²) in [7, 11) is 1.73. The lowest BCUT2D eigenvalue weighted by molar-refractivity contribution is 0.0741. The molecule has 0 saturated carbocycles. The predicted molar refractivity (Wildman–Crippen MR) is 81.6 cm³/mol. The van der Waals surface area contributed by atoms with Gasteiger partial charge in [0.1, 0.15) is 5.58 Å². The lowest BCUT2D eigenvalue weighted by Gasteiger charge is -2.31. The zero-order valence-electron chi connectivity index (χ0n) is 12.4. The molecular formula is C17H21NO3. The Balaban J connectivity index is 1.65. The third-order valence-electron chi connectivity index (χ3n) is 4.07. The number of hydrogen-bond donors (Lipinski definition) is 0. The molecule has 1 atom stereocenters. The Hall–Kier alpha value is -1.65. The Morgan fingerprint density at radius 2 is 2.29 bits per heavy atom. The number of furan rings is 1. The first-order valence-electron chi connectivity index (χ1n) is 7.49. The van der Waals surface area contributed by atoms with E-state index in [1.165, 1.54) is 6.42 Å². The summed E-state index contributed by atoms with van der Waals surface area (Å²) < 4.78 is 10.9. The van der Waals surface area contributed by atoms with E-state index in [9.17, 15) is 4.79 Å². The van der Waals surface area contributed by atoms with Crippen molar-refractivity contribution in [1.29, 1.82) is 0 Å². The van der Waals surface area contributed by atoms with E-state index in [4.69, 9.17) is 9.15 Å². The molecule has 4 heteroatoms. The smallest absolute Gasteiger partial charge is 0.211 e. The highest BCUT2D eigenvalue weighted by Gasteiger charge is 2.23. The molecule has 0 aliphatic carbocycles. The van der Waals surface area contributed by atoms with Gasteiger partial charge >= 0.3 is 0 Å². The van der Waals surface area contributed by atoms with Crippen LogP contribution in [-0.2, 0) is 4.74 Å². The molecule has 0 N–H and O–H groups in total. The van der Waals surface area contributed by atoms with Crippen LogP contribution in [0.4, 0.5) is 0 Å². The minimum absolute atomic E-state index is 0.0595. The molecule has 0 radical (unpaired) electrons. The number of fused-ring (bicyclic) bond motifs is 1. The molecule has 2 aromatic rings. The van der Waals surface area contributed by atoms with Crippen LogP contribution < -0.4 is 0 Å². The van der Waals surface area contributed by atoms with Crippen LogP contribution in [0.2, 0.25) is 0 Å². The first-order valence-corrected chi connectivity index (χ1v) is 7.49. The fraction of sp³-hybridized carbons (Fsp3) is 0.471. The third-order valence-corrected chi connectivity index (χ3v) is 4.07. The summed E-state index contributed by atoms with van der Waals surface area (Å²) in [5.74, 6) is 1.06. The van der Waals surface area contributed by atoms with Crippen LogP contribution in [0.1, 0.15) is 23.4 Å². The van der Waals surface area contributed by atoms with E-state index in [-0.39, 0.29) is 5.78 Å². The monoisotopic (exact) mass is 287 g/mol. The molecule has 3 rings (SSSR count). The molecule has 0 amide bonds. The number of ketones is 1. The molecule has 1 aromatic carbocycles. The molecule has 1 aliphatic heterocycles. The highest BCUT2D eigenvalue weighted by molar-refractivity contribution is 5.98. The lowest BCUT2D eigenvalue weighted by atomic mass is 9.99. The average molecular weight is 287 g/mol. The van der Waals surface area contributed by atoms with Crippen molar-refractivity contribution < 1.29 is 13.9 Å². The number of benzene rings is 1. The maximum Gasteiger partial charge on any atom is 0.211 e. The van der Waals surface area contributed by atoms with Crippen LogP contribution in [-0.4, -0.2) is 44.0 Å². The van der Waals surface area contributed by atoms with Crippen LogP contribution >= 0.6 is 0 Å². The second kappa shape index (κ2) is 6.41. The summed E-state index contributed by atoms with van der Waals surface area (Å²) in [6.45, 7) is 3.11. The van der Waals surface area contributed by atoms with E-state index in [1.807, 2.05) is 30.3 Å². The SMILES string of the molecule is COCC1CCCN(CC(=O)c2cc3ccccc3o2)C1. The fourth-order valence-corrected chi connectivity index (χ4v) is 3.07. The number of carbonyl (C=O) groups is 1. The van der Waals surface area contributed by atoms with Gasteiger partial charge in [0.2, 0.25) is 5.78 Å². The Labute approximate surface area is 124 Å². The second-order valence-corrected chi connectivity index (χ2v) is 5.77. The normalized spacial score (nSPS) is 20.0. The summed E-state index contributed by atoms with van der Waals surface area (Å²) in [5.41, 5.74) is 0.775. The van der Waals surface area contributed by atoms with Crippen molar-refractivity contribution in [1.82, 2.24) is 4.90 Å². The molecule has 2 heterocycles. The van der Waals surface area contributed by atoms with Gasteiger partial charge in [-0.05, 0) is 37.4 Å². The van der Waals surface area contributed by atoms with E-state index in [0.717, 1.165) is 37.1 Å². The van der Waals surface area contributed by atoms with E-state index >= 15 is 0 Å². The first kappa shape index (κ1) is 14.3. The third kappa shape index (κ3) is 3.34. The Morgan fingerprint density at radius 1 is 1.43 bits per heavy atom. The molecule has 0 bridgehead atoms. The van der Waals surface area contributed by atoms with Gasteiger partial charge in [0.25, 0.3) is 0 Å². The van der Waals surface area contributed by atoms with Crippen molar-refractivity contribution in [2.45, 2.75) is 12.8 Å². The number of para-hydroxylation sites is 1. The molecular weight excluding hydrogens is 266 g/mol. The van der Waals surface area contributed by atoms with Crippen molar-refractivity contribution >= 4 is 16.8 Å². The number of rotatable bonds is 5. The van der Waals surface area contributed by atoms with Gasteiger partial charge < -0.3 is 9.15 Å². The van der Waals surface area contributed by atoms with Crippen molar-refractivity contribution in [2.24, 2.45) is 5.92 Å². The summed E-state index contributed by atoms with van der Waals surface area (Å²) in [6, 6.07) is 9.56. The fourth-order valence-electron chi connectivity index (χ4n) is 3.07. The van der Waals surface area contributed by atoms with Crippen LogP contribution in [0.15, 0.2) is 34.7 Å². The van der Waals surface area contributed by atoms with Gasteiger partial charge in [-0.1, -0.05) is 18.2 Å². The molecule has 4 nitrogen and oxygen atoms in total. The quantitative estimate of drug-likeness (QED) is 0.793. The molecule has 1 fully saturated rings. The molecule has 1 aliphatic rings. The number of hydrogen-bond acceptors (Lipinski definition) is 4. The van der Waals surface area contributed by atoms with Gasteiger partial charge in [-0.3, -0.25) is 9.69 Å². The van der Waals surface area contributed by atoms with Crippen molar-refractivity contribution in [3.05, 3.63) is 36.1 Å². The van der Waals surface area contributed by atoms with Gasteiger partial charge in [-0.2, -0.15) is 0 Å². The topological polar surface area (TPSA) is 42.7 Å². The number of ether oxygens (including phenoxy) is 1. The van der Waals surface area contributed by atoms with Crippen molar-refractivity contribution in [2.75, 3.05) is 33.4 Å². The molecule has 0 spiro atoms. The van der Waals surface area contributed by atoms with Crippen LogP contribution in [0.3, 0.4) is 0 Å². The second-order valence-electron chi connectivity index (χ2n) is 5.77. The largest absolute Gasteiger partial charge is 0.453 e. The summed E-state index contributed by atoms with van der Waals surface area (Å²) in [4.78, 5) is 14.6. The van der Waals surface area contributed by atoms with E-state index < -0.39 is 0 Å². The standard InChI is InChI=1S/C17H21NO3/c1-20-12-13-5-4-8-18(10-13)11-15(19)17-9-14-6-2-3-7-16(14)21-17/h2-3,6-7,9,13H,4-5,8,10-12H2,1H3. The number of carbonyl (C=O) groups excluding carboxylic acids is 1. The molecule has 1 saturated heterocycles. The maximum absolute atomic E-state index is 12.4. The Morgan fingerprint density at radius 3 is 3.10 bits per heavy atom. The minimum atomic E-state index is 0.0595. The highest BCUT2D eigenvalue weighted by Crippen LogP contribution is 2.21. The van der Waals surface area contributed by atoms with Crippen LogP contribution in [0, 0.1) is 5.92 Å². The van der Waals surface area contributed by atoms with Crippen molar-refractivity contribution in [3.8, 4) is 0 Å². The number of piperidine rings is 1. The van der Waals surface area contributed by atoms with Crippen LogP contribution in [0.5, 0.6) is 0 Å². The maximum atomic E-state index is 12.4. The average Bonchev–Trinajstić information content (AvgIpc) is 2.92. The summed E-state index contributed by atoms with van der Waals surface area (Å²) in [5, 5.41) is 0.983. The lowest BCUT2D eigenvalue weighted by Crippen LogP contribution is -2.40. The summed E-state index contributed by atoms with van der Waals surface area (Å²) >= 11 is 0. The Bertz CT molecular complexity index is 584. The molecule has 1 unspecified atom stereocenters. The number of nitrogens with zero attached hydrogens (tertiary/aromatic N) is 1. The van der Waals surface area contributed by atoms with Gasteiger partial charge in [-0.25, -0.2) is 0 Å². The summed E-state index contributed by atoms with van der Waals surface area (Å²) in [6.07, 6.45) is 2.31. The van der Waals surface area contributed by atoms with E-state index in [1.54, 1.807) is 7.11 Å². The zero-order chi connectivity index (χ0) is 14.7. The minimum Gasteiger partial charge on any atom is -0.453 e. The molecule has 21 heavy (non-hydrogen) atoms. The highest BCUT2D eigenvalue weighted by atomic mass is 16.5. The zero-order valence-corrected chi connectivity index (χ0v) is 12.4. The number of methoxy groups -OCH3 is 1. The number of likely N-dealkylation sites (tertiary alicyclic amines) is 1. The Kier molecular flexibility index (Phi) is 4.36. The van der Waals surface area contributed by atoms with Gasteiger partial charge in [0, 0.05) is 19.0 Å². The van der Waals surface area contributed by atoms with E-state index in [0.29, 0.717) is 18.2 Å². The van der Waals surface area contributed by atoms with Crippen molar-refractivity contribution in [3.63, 3.8) is 0 Å². The molecule has 112 valence electrons. The van der Waals surface area contributed by atoms with Crippen LogP contribution in [0.25, 0.3) is 11.0 Å². The number of Topliss-reactive ketones (excluding diaryl/α,β-unsaturated/α-hetero) is 1. The van der Waals surface area contributed by atoms with Gasteiger partial charge in [0.15, 0.2) is 5.76 Å². The predicted octanol–water partition coefficient (Wildman–Crippen LogP) is 2.97. The van der Waals surface area contributed by atoms with Gasteiger partial charge in [-0.15, -0.1) is 0 Å². The first-order chi connectivity index (χ1) is 10.3. The molecule has 1 aromatic heterocycles. The van der Waals surface area contributed by atoms with E-state index in [2.05, 4.69) is 4.90 Å².